The average Bonchev–Trinajstić information content (AvgIpc) is 3.69. The number of thiazole rings is 1. The number of carbonyl (C=O) groups is 2. The molecule has 0 atom stereocenters. The molecule has 0 unspecified atom stereocenters. The van der Waals surface area contributed by atoms with Gasteiger partial charge in [-0.15, -0.1) is 34.4 Å². The summed E-state index contributed by atoms with van der Waals surface area (Å²) >= 11 is 10.4. The summed E-state index contributed by atoms with van der Waals surface area (Å²) in [5, 5.41) is 7.02. The van der Waals surface area contributed by atoms with Crippen LogP contribution in [0.15, 0.2) is 75.7 Å². The van der Waals surface area contributed by atoms with Gasteiger partial charge in [-0.25, -0.2) is 4.98 Å². The van der Waals surface area contributed by atoms with Gasteiger partial charge < -0.3 is 4.57 Å². The molecule has 0 fully saturated rings. The molecule has 0 saturated carbocycles. The van der Waals surface area contributed by atoms with Crippen molar-refractivity contribution >= 4 is 57.7 Å². The fourth-order valence-electron chi connectivity index (χ4n) is 3.89. The standard InChI is InChI=1S/C28H24ClN5O3S3/c1-28(2,3)27(37)34-26(39-14-18-4-5-24(29)40-18)11-21(32-34)19-10-25(36)33(13-23(35)22-15-38-16-31-22)12-20(19)17-6-8-30-9-7-17/h4-12,15-16H,13-14H2,1-3H3. The summed E-state index contributed by atoms with van der Waals surface area (Å²) in [6, 6.07) is 10.7. The van der Waals surface area contributed by atoms with Crippen LogP contribution < -0.4 is 5.56 Å². The van der Waals surface area contributed by atoms with Crippen molar-refractivity contribution in [1.82, 2.24) is 24.3 Å². The van der Waals surface area contributed by atoms with Gasteiger partial charge in [-0.05, 0) is 35.9 Å². The molecule has 0 spiro atoms. The normalized spacial score (nSPS) is 11.6. The van der Waals surface area contributed by atoms with Crippen molar-refractivity contribution in [2.45, 2.75) is 38.1 Å². The molecule has 12 heteroatoms. The van der Waals surface area contributed by atoms with Crippen LogP contribution in [0, 0.1) is 5.41 Å². The fourth-order valence-corrected chi connectivity index (χ4v) is 6.57. The largest absolute Gasteiger partial charge is 0.307 e. The van der Waals surface area contributed by atoms with E-state index in [1.807, 2.05) is 51.1 Å². The molecule has 0 aromatic carbocycles. The van der Waals surface area contributed by atoms with Crippen molar-refractivity contribution in [3.05, 3.63) is 91.1 Å². The van der Waals surface area contributed by atoms with E-state index in [0.29, 0.717) is 37.6 Å². The highest BCUT2D eigenvalue weighted by molar-refractivity contribution is 7.98. The molecule has 5 heterocycles. The Bertz CT molecular complexity index is 1730. The minimum absolute atomic E-state index is 0.150. The third-order valence-electron chi connectivity index (χ3n) is 5.93. The Morgan fingerprint density at radius 1 is 1.07 bits per heavy atom. The van der Waals surface area contributed by atoms with Gasteiger partial charge in [0, 0.05) is 57.2 Å². The lowest BCUT2D eigenvalue weighted by Gasteiger charge is -2.17. The van der Waals surface area contributed by atoms with Gasteiger partial charge >= 0.3 is 0 Å². The van der Waals surface area contributed by atoms with Crippen LogP contribution in [0.4, 0.5) is 0 Å². The van der Waals surface area contributed by atoms with Gasteiger partial charge in [0.25, 0.3) is 11.5 Å². The lowest BCUT2D eigenvalue weighted by atomic mass is 9.96. The van der Waals surface area contributed by atoms with Crippen LogP contribution in [0.2, 0.25) is 4.34 Å². The molecule has 204 valence electrons. The molecule has 5 aromatic rings. The van der Waals surface area contributed by atoms with Crippen LogP contribution in [0.5, 0.6) is 0 Å². The molecule has 40 heavy (non-hydrogen) atoms. The zero-order valence-electron chi connectivity index (χ0n) is 21.8. The zero-order chi connectivity index (χ0) is 28.4. The van der Waals surface area contributed by atoms with Gasteiger partial charge in [0.2, 0.25) is 5.78 Å². The predicted octanol–water partition coefficient (Wildman–Crippen LogP) is 6.81. The van der Waals surface area contributed by atoms with Crippen molar-refractivity contribution < 1.29 is 9.59 Å². The highest BCUT2D eigenvalue weighted by atomic mass is 35.5. The van der Waals surface area contributed by atoms with Crippen LogP contribution in [0.1, 0.15) is 40.9 Å². The monoisotopic (exact) mass is 609 g/mol. The summed E-state index contributed by atoms with van der Waals surface area (Å²) in [4.78, 5) is 48.7. The highest BCUT2D eigenvalue weighted by Gasteiger charge is 2.28. The zero-order valence-corrected chi connectivity index (χ0v) is 25.0. The van der Waals surface area contributed by atoms with Gasteiger partial charge in [-0.1, -0.05) is 32.4 Å². The summed E-state index contributed by atoms with van der Waals surface area (Å²) in [5.74, 6) is 0.180. The molecule has 8 nitrogen and oxygen atoms in total. The molecule has 0 bridgehead atoms. The number of pyridine rings is 2. The maximum absolute atomic E-state index is 13.4. The number of rotatable bonds is 8. The second kappa shape index (κ2) is 11.6. The van der Waals surface area contributed by atoms with Gasteiger partial charge in [0.15, 0.2) is 0 Å². The van der Waals surface area contributed by atoms with Crippen LogP contribution in [0.3, 0.4) is 0 Å². The fraction of sp³-hybridized carbons (Fsp3) is 0.214. The third kappa shape index (κ3) is 6.17. The quantitative estimate of drug-likeness (QED) is 0.141. The number of hydrogen-bond acceptors (Lipinski definition) is 9. The molecule has 5 aromatic heterocycles. The topological polar surface area (TPSA) is 99.7 Å². The summed E-state index contributed by atoms with van der Waals surface area (Å²) in [6.45, 7) is 5.37. The van der Waals surface area contributed by atoms with E-state index >= 15 is 0 Å². The molecular formula is C28H24ClN5O3S3. The lowest BCUT2D eigenvalue weighted by Crippen LogP contribution is -2.28. The van der Waals surface area contributed by atoms with Crippen molar-refractivity contribution in [1.29, 1.82) is 0 Å². The van der Waals surface area contributed by atoms with E-state index in [9.17, 15) is 14.4 Å². The maximum Gasteiger partial charge on any atom is 0.253 e. The van der Waals surface area contributed by atoms with E-state index in [0.717, 1.165) is 10.4 Å². The molecule has 0 aliphatic heterocycles. The van der Waals surface area contributed by atoms with Crippen molar-refractivity contribution in [3.63, 3.8) is 0 Å². The van der Waals surface area contributed by atoms with Crippen LogP contribution in [-0.4, -0.2) is 36.0 Å². The van der Waals surface area contributed by atoms with E-state index in [-0.39, 0.29) is 23.8 Å². The Morgan fingerprint density at radius 2 is 1.85 bits per heavy atom. The van der Waals surface area contributed by atoms with Gasteiger partial charge in [-0.2, -0.15) is 9.78 Å². The van der Waals surface area contributed by atoms with Gasteiger partial charge in [-0.3, -0.25) is 19.4 Å². The molecule has 0 radical (unpaired) electrons. The Hall–Kier alpha value is -3.38. The van der Waals surface area contributed by atoms with Crippen molar-refractivity contribution in [3.8, 4) is 22.4 Å². The predicted molar refractivity (Wildman–Crippen MR) is 161 cm³/mol. The van der Waals surface area contributed by atoms with Gasteiger partial charge in [0.1, 0.15) is 10.7 Å². The summed E-state index contributed by atoms with van der Waals surface area (Å²) in [6.07, 6.45) is 4.97. The Kier molecular flexibility index (Phi) is 8.18. The minimum atomic E-state index is -0.682. The number of nitrogens with zero attached hydrogens (tertiary/aromatic N) is 5. The first-order valence-corrected chi connectivity index (χ1v) is 15.3. The molecule has 0 N–H and O–H groups in total. The maximum atomic E-state index is 13.4. The van der Waals surface area contributed by atoms with Crippen LogP contribution >= 0.6 is 46.0 Å². The first kappa shape index (κ1) is 28.2. The van der Waals surface area contributed by atoms with E-state index in [2.05, 4.69) is 9.97 Å². The van der Waals surface area contributed by atoms with E-state index < -0.39 is 5.41 Å². The smallest absolute Gasteiger partial charge is 0.253 e. The third-order valence-corrected chi connectivity index (χ3v) is 8.97. The van der Waals surface area contributed by atoms with E-state index in [4.69, 9.17) is 16.7 Å². The van der Waals surface area contributed by atoms with Crippen LogP contribution in [0.25, 0.3) is 22.4 Å². The summed E-state index contributed by atoms with van der Waals surface area (Å²) in [7, 11) is 0. The van der Waals surface area contributed by atoms with Crippen molar-refractivity contribution in [2.24, 2.45) is 5.41 Å². The highest BCUT2D eigenvalue weighted by Crippen LogP contribution is 2.35. The number of aromatic nitrogens is 5. The minimum Gasteiger partial charge on any atom is -0.307 e. The molecule has 0 amide bonds. The molecular weight excluding hydrogens is 586 g/mol. The first-order chi connectivity index (χ1) is 19.1. The molecule has 0 saturated heterocycles. The van der Waals surface area contributed by atoms with E-state index in [1.165, 1.54) is 49.8 Å². The first-order valence-electron chi connectivity index (χ1n) is 12.2. The molecule has 0 aliphatic rings. The number of carbonyl (C=O) groups excluding carboxylic acids is 2. The SMILES string of the molecule is CC(C)(C)C(=O)n1nc(-c2cc(=O)n(CC(=O)c3cscn3)cc2-c2ccncc2)cc1SCc1ccc(Cl)s1. The Morgan fingerprint density at radius 3 is 2.50 bits per heavy atom. The molecule has 0 aliphatic carbocycles. The number of thioether (sulfide) groups is 1. The van der Waals surface area contributed by atoms with Gasteiger partial charge in [0.05, 0.1) is 22.1 Å². The average molecular weight is 610 g/mol. The number of thiophene rings is 1. The second-order valence-electron chi connectivity index (χ2n) is 9.93. The number of halogens is 1. The Balaban J connectivity index is 1.60. The summed E-state index contributed by atoms with van der Waals surface area (Å²) < 4.78 is 3.49. The number of Topliss-reactive ketones (excluding diaryl/α,β-unsaturated/α-hetero) is 1. The Labute approximate surface area is 247 Å². The summed E-state index contributed by atoms with van der Waals surface area (Å²) in [5.41, 5.74) is 3.36. The number of hydrogen-bond donors (Lipinski definition) is 0. The van der Waals surface area contributed by atoms with Crippen molar-refractivity contribution in [2.75, 3.05) is 0 Å². The number of ketones is 1. The lowest BCUT2D eigenvalue weighted by molar-refractivity contribution is 0.0736. The second-order valence-corrected chi connectivity index (χ2v) is 13.4. The molecule has 5 rings (SSSR count). The van der Waals surface area contributed by atoms with E-state index in [1.54, 1.807) is 29.5 Å². The van der Waals surface area contributed by atoms with Crippen LogP contribution in [-0.2, 0) is 12.3 Å².